The molecule has 2 N–H and O–H groups in total. The van der Waals surface area contributed by atoms with Crippen LogP contribution in [-0.4, -0.2) is 37.7 Å². The summed E-state index contributed by atoms with van der Waals surface area (Å²) in [7, 11) is -3.72. The lowest BCUT2D eigenvalue weighted by molar-refractivity contribution is -0.123. The maximum Gasteiger partial charge on any atom is 0.238 e. The minimum Gasteiger partial charge on any atom is -0.336 e. The highest BCUT2D eigenvalue weighted by Crippen LogP contribution is 2.35. The summed E-state index contributed by atoms with van der Waals surface area (Å²) in [5.74, 6) is -0.344. The summed E-state index contributed by atoms with van der Waals surface area (Å²) < 4.78 is 25.5. The number of nitrogens with one attached hydrogen (secondary N) is 2. The first-order chi connectivity index (χ1) is 11.3. The molecule has 0 unspecified atom stereocenters. The summed E-state index contributed by atoms with van der Waals surface area (Å²) in [4.78, 5) is 12.2. The fourth-order valence-electron chi connectivity index (χ4n) is 2.74. The Hall–Kier alpha value is -1.33. The third kappa shape index (κ3) is 3.11. The second-order valence-electron chi connectivity index (χ2n) is 6.10. The van der Waals surface area contributed by atoms with Gasteiger partial charge in [-0.25, -0.2) is 8.42 Å². The highest BCUT2D eigenvalue weighted by molar-refractivity contribution is 7.92. The van der Waals surface area contributed by atoms with Crippen molar-refractivity contribution < 1.29 is 13.2 Å². The van der Waals surface area contributed by atoms with Crippen LogP contribution in [0.4, 0.5) is 0 Å². The zero-order valence-corrected chi connectivity index (χ0v) is 14.9. The summed E-state index contributed by atoms with van der Waals surface area (Å²) in [5, 5.41) is 14.0. The van der Waals surface area contributed by atoms with E-state index in [4.69, 9.17) is 28.5 Å². The molecule has 0 aromatic heterocycles. The van der Waals surface area contributed by atoms with Crippen LogP contribution in [0.5, 0.6) is 0 Å². The number of benzene rings is 1. The van der Waals surface area contributed by atoms with E-state index >= 15 is 0 Å². The lowest BCUT2D eigenvalue weighted by Gasteiger charge is -2.15. The number of hydrogen-bond donors (Lipinski definition) is 2. The first-order valence-corrected chi connectivity index (χ1v) is 9.74. The Morgan fingerprint density at radius 1 is 1.38 bits per heavy atom. The van der Waals surface area contributed by atoms with Crippen molar-refractivity contribution in [3.63, 3.8) is 0 Å². The molecule has 0 spiro atoms. The molecule has 2 aliphatic rings. The van der Waals surface area contributed by atoms with Gasteiger partial charge in [-0.05, 0) is 31.4 Å². The van der Waals surface area contributed by atoms with Crippen molar-refractivity contribution in [3.05, 3.63) is 28.2 Å². The third-order valence-corrected chi connectivity index (χ3v) is 7.52. The second-order valence-corrected chi connectivity index (χ2v) is 9.08. The number of hydrogen-bond acceptors (Lipinski definition) is 5. The minimum atomic E-state index is -3.72. The fourth-order valence-corrected chi connectivity index (χ4v) is 5.16. The quantitative estimate of drug-likeness (QED) is 0.818. The molecule has 1 amide bonds. The molecule has 24 heavy (non-hydrogen) atoms. The van der Waals surface area contributed by atoms with Crippen LogP contribution >= 0.6 is 23.2 Å². The Balaban J connectivity index is 1.74. The fraction of sp³-hybridized carbons (Fsp3) is 0.467. The Bertz CT molecular complexity index is 831. The van der Waals surface area contributed by atoms with Crippen molar-refractivity contribution >= 4 is 38.9 Å². The minimum absolute atomic E-state index is 0.00604. The van der Waals surface area contributed by atoms with Crippen LogP contribution in [0.25, 0.3) is 0 Å². The van der Waals surface area contributed by atoms with E-state index in [1.54, 1.807) is 0 Å². The molecule has 1 aromatic rings. The van der Waals surface area contributed by atoms with Gasteiger partial charge in [0.1, 0.15) is 5.54 Å². The van der Waals surface area contributed by atoms with Gasteiger partial charge in [0.15, 0.2) is 9.84 Å². The monoisotopic (exact) mass is 387 g/mol. The normalized spacial score (nSPS) is 25.0. The molecule has 1 aromatic carbocycles. The van der Waals surface area contributed by atoms with Gasteiger partial charge in [-0.3, -0.25) is 4.79 Å². The van der Waals surface area contributed by atoms with Gasteiger partial charge in [0.2, 0.25) is 5.91 Å². The van der Waals surface area contributed by atoms with E-state index in [1.165, 1.54) is 18.2 Å². The van der Waals surface area contributed by atoms with Crippen molar-refractivity contribution in [3.8, 4) is 6.07 Å². The van der Waals surface area contributed by atoms with Gasteiger partial charge in [-0.1, -0.05) is 29.3 Å². The highest BCUT2D eigenvalue weighted by atomic mass is 35.5. The second kappa shape index (κ2) is 6.19. The first-order valence-electron chi connectivity index (χ1n) is 7.44. The number of nitrogens with zero attached hydrogens (tertiary/aromatic N) is 1. The predicted octanol–water partition coefficient (Wildman–Crippen LogP) is 1.67. The zero-order valence-electron chi connectivity index (χ0n) is 12.6. The lowest BCUT2D eigenvalue weighted by atomic mass is 10.2. The summed E-state index contributed by atoms with van der Waals surface area (Å²) in [6.45, 7) is 0.142. The third-order valence-electron chi connectivity index (χ3n) is 4.40. The van der Waals surface area contributed by atoms with E-state index < -0.39 is 26.7 Å². The van der Waals surface area contributed by atoms with Crippen molar-refractivity contribution in [1.29, 1.82) is 5.26 Å². The van der Waals surface area contributed by atoms with E-state index in [0.717, 1.165) is 0 Å². The Morgan fingerprint density at radius 3 is 2.71 bits per heavy atom. The Kier molecular flexibility index (Phi) is 4.51. The van der Waals surface area contributed by atoms with Crippen molar-refractivity contribution in [2.24, 2.45) is 0 Å². The van der Waals surface area contributed by atoms with Crippen LogP contribution in [0, 0.1) is 11.3 Å². The topological polar surface area (TPSA) is 99.1 Å². The van der Waals surface area contributed by atoms with Crippen LogP contribution in [0.15, 0.2) is 23.1 Å². The molecule has 1 aliphatic carbocycles. The number of carbonyl (C=O) groups excluding carboxylic acids is 1. The van der Waals surface area contributed by atoms with Gasteiger partial charge in [0.05, 0.1) is 32.3 Å². The summed E-state index contributed by atoms with van der Waals surface area (Å²) >= 11 is 11.9. The molecule has 128 valence electrons. The molecule has 9 heteroatoms. The molecule has 1 heterocycles. The molecular formula is C15H15Cl2N3O3S. The van der Waals surface area contributed by atoms with Crippen molar-refractivity contribution in [2.75, 3.05) is 6.54 Å². The van der Waals surface area contributed by atoms with E-state index in [2.05, 4.69) is 16.7 Å². The number of sulfone groups is 1. The maximum absolute atomic E-state index is 12.8. The van der Waals surface area contributed by atoms with Crippen molar-refractivity contribution in [2.45, 2.75) is 41.0 Å². The molecule has 0 bridgehead atoms. The highest BCUT2D eigenvalue weighted by Gasteiger charge is 2.47. The van der Waals surface area contributed by atoms with Crippen LogP contribution in [-0.2, 0) is 14.6 Å². The smallest absolute Gasteiger partial charge is 0.238 e. The van der Waals surface area contributed by atoms with Gasteiger partial charge < -0.3 is 10.6 Å². The predicted molar refractivity (Wildman–Crippen MR) is 89.6 cm³/mol. The molecule has 3 rings (SSSR count). The zero-order chi connectivity index (χ0) is 17.5. The maximum atomic E-state index is 12.8. The van der Waals surface area contributed by atoms with Crippen molar-refractivity contribution in [1.82, 2.24) is 10.6 Å². The molecule has 0 radical (unpaired) electrons. The lowest BCUT2D eigenvalue weighted by Crippen LogP contribution is -2.45. The van der Waals surface area contributed by atoms with Crippen LogP contribution in [0.1, 0.15) is 19.3 Å². The Labute approximate surface area is 150 Å². The summed E-state index contributed by atoms with van der Waals surface area (Å²) in [6, 6.07) is 5.88. The van der Waals surface area contributed by atoms with E-state index in [1.807, 2.05) is 0 Å². The summed E-state index contributed by atoms with van der Waals surface area (Å²) in [5.41, 5.74) is -0.772. The average Bonchev–Trinajstić information content (AvgIpc) is 3.12. The molecule has 6 nitrogen and oxygen atoms in total. The van der Waals surface area contributed by atoms with Gasteiger partial charge in [0.25, 0.3) is 0 Å². The largest absolute Gasteiger partial charge is 0.336 e. The van der Waals surface area contributed by atoms with Gasteiger partial charge in [-0.2, -0.15) is 5.26 Å². The molecule has 1 saturated carbocycles. The number of rotatable bonds is 4. The standard InChI is InChI=1S/C15H15Cl2N3O3S/c16-10-2-1-3-12(13(10)17)24(22,23)9-6-11(19-7-9)14(21)20-15(8-18)4-5-15/h1-3,9,11,19H,4-7H2,(H,20,21)/t9-,11+/m1/s1. The first kappa shape index (κ1) is 17.5. The van der Waals surface area contributed by atoms with Crippen LogP contribution < -0.4 is 10.6 Å². The molecule has 1 aliphatic heterocycles. The molecule has 2 atom stereocenters. The Morgan fingerprint density at radius 2 is 2.08 bits per heavy atom. The van der Waals surface area contributed by atoms with Crippen LogP contribution in [0.2, 0.25) is 10.0 Å². The SMILES string of the molecule is N#CC1(NC(=O)[C@@H]2C[C@@H](S(=O)(=O)c3cccc(Cl)c3Cl)CN2)CC1. The summed E-state index contributed by atoms with van der Waals surface area (Å²) in [6.07, 6.45) is 1.38. The number of carbonyl (C=O) groups is 1. The number of amides is 1. The van der Waals surface area contributed by atoms with Gasteiger partial charge in [-0.15, -0.1) is 0 Å². The van der Waals surface area contributed by atoms with E-state index in [9.17, 15) is 13.2 Å². The van der Waals surface area contributed by atoms with E-state index in [0.29, 0.717) is 12.8 Å². The van der Waals surface area contributed by atoms with Crippen LogP contribution in [0.3, 0.4) is 0 Å². The van der Waals surface area contributed by atoms with E-state index in [-0.39, 0.29) is 33.8 Å². The van der Waals surface area contributed by atoms with Gasteiger partial charge in [0, 0.05) is 6.54 Å². The average molecular weight is 388 g/mol. The van der Waals surface area contributed by atoms with Gasteiger partial charge >= 0.3 is 0 Å². The number of halogens is 2. The molecule has 1 saturated heterocycles. The number of nitriles is 1. The molecular weight excluding hydrogens is 373 g/mol. The molecule has 2 fully saturated rings.